The van der Waals surface area contributed by atoms with E-state index in [1.54, 1.807) is 50.4 Å². The molecule has 4 amide bonds. The number of anilines is 1. The third-order valence-electron chi connectivity index (χ3n) is 5.52. The molecule has 2 atom stereocenters. The van der Waals surface area contributed by atoms with Crippen molar-refractivity contribution in [3.05, 3.63) is 58.0 Å². The zero-order valence-electron chi connectivity index (χ0n) is 21.1. The van der Waals surface area contributed by atoms with Gasteiger partial charge in [0.1, 0.15) is 17.7 Å². The van der Waals surface area contributed by atoms with Crippen LogP contribution in [0, 0.1) is 0 Å². The first-order chi connectivity index (χ1) is 18.1. The molecule has 1 aliphatic heterocycles. The highest BCUT2D eigenvalue weighted by molar-refractivity contribution is 7.10. The van der Waals surface area contributed by atoms with E-state index in [1.165, 1.54) is 16.2 Å². The summed E-state index contributed by atoms with van der Waals surface area (Å²) >= 11 is 1.28. The van der Waals surface area contributed by atoms with Crippen molar-refractivity contribution in [2.24, 2.45) is 0 Å². The molecule has 4 N–H and O–H groups in total. The number of aromatic nitrogens is 4. The van der Waals surface area contributed by atoms with E-state index >= 15 is 0 Å². The fraction of sp³-hybridized carbons (Fsp3) is 0.375. The van der Waals surface area contributed by atoms with Crippen LogP contribution in [0.3, 0.4) is 0 Å². The quantitative estimate of drug-likeness (QED) is 0.330. The Morgan fingerprint density at radius 2 is 1.95 bits per heavy atom. The summed E-state index contributed by atoms with van der Waals surface area (Å²) in [5, 5.41) is 23.1. The number of thiophene rings is 1. The third kappa shape index (κ3) is 6.51. The lowest BCUT2D eigenvalue weighted by molar-refractivity contribution is -0.128. The van der Waals surface area contributed by atoms with E-state index in [9.17, 15) is 19.2 Å². The van der Waals surface area contributed by atoms with Gasteiger partial charge in [0.25, 0.3) is 0 Å². The molecule has 200 valence electrons. The molecule has 38 heavy (non-hydrogen) atoms. The monoisotopic (exact) mass is 540 g/mol. The number of aromatic amines is 1. The molecule has 0 bridgehead atoms. The summed E-state index contributed by atoms with van der Waals surface area (Å²) in [6.07, 6.45) is -0.449. The molecule has 0 saturated carbocycles. The van der Waals surface area contributed by atoms with E-state index < -0.39 is 41.5 Å². The summed E-state index contributed by atoms with van der Waals surface area (Å²) in [6.45, 7) is 4.80. The highest BCUT2D eigenvalue weighted by Gasteiger charge is 2.38. The van der Waals surface area contributed by atoms with Gasteiger partial charge < -0.3 is 20.7 Å². The summed E-state index contributed by atoms with van der Waals surface area (Å²) in [6, 6.07) is 8.77. The molecular weight excluding hydrogens is 512 g/mol. The van der Waals surface area contributed by atoms with Gasteiger partial charge in [-0.1, -0.05) is 29.5 Å². The number of nitrogens with one attached hydrogen (secondary N) is 4. The van der Waals surface area contributed by atoms with E-state index in [2.05, 4.69) is 36.6 Å². The van der Waals surface area contributed by atoms with Crippen LogP contribution in [0.25, 0.3) is 0 Å². The second-order valence-electron chi connectivity index (χ2n) is 9.47. The summed E-state index contributed by atoms with van der Waals surface area (Å²) in [5.41, 5.74) is 0.669. The first-order valence-corrected chi connectivity index (χ1v) is 12.7. The second kappa shape index (κ2) is 11.4. The molecule has 1 aromatic carbocycles. The van der Waals surface area contributed by atoms with Gasteiger partial charge in [0.2, 0.25) is 17.7 Å². The number of tetrazole rings is 1. The van der Waals surface area contributed by atoms with Crippen LogP contribution in [-0.4, -0.2) is 62.6 Å². The number of rotatable bonds is 8. The van der Waals surface area contributed by atoms with E-state index in [1.807, 2.05) is 12.1 Å². The van der Waals surface area contributed by atoms with E-state index in [0.717, 1.165) is 5.56 Å². The van der Waals surface area contributed by atoms with Crippen molar-refractivity contribution < 1.29 is 23.9 Å². The van der Waals surface area contributed by atoms with Crippen molar-refractivity contribution in [3.8, 4) is 0 Å². The number of fused-ring (bicyclic) bond motifs is 1. The number of nitrogens with zero attached hydrogens (tertiary/aromatic N) is 4. The molecule has 4 rings (SSSR count). The molecule has 0 saturated heterocycles. The van der Waals surface area contributed by atoms with Gasteiger partial charge in [-0.3, -0.25) is 19.3 Å². The molecule has 0 fully saturated rings. The molecule has 1 aliphatic rings. The van der Waals surface area contributed by atoms with Crippen LogP contribution in [0.15, 0.2) is 41.8 Å². The van der Waals surface area contributed by atoms with Crippen molar-refractivity contribution in [2.45, 2.75) is 51.4 Å². The minimum Gasteiger partial charge on any atom is -0.444 e. The van der Waals surface area contributed by atoms with Gasteiger partial charge >= 0.3 is 6.09 Å². The van der Waals surface area contributed by atoms with Crippen LogP contribution in [0.5, 0.6) is 0 Å². The lowest BCUT2D eigenvalue weighted by atomic mass is 10.1. The standard InChI is InChI=1S/C24H28N8O5S/c1-24(2,3)37-23(36)27-20(17-9-6-10-38-17)22(35)26-13-19(33)32-15-8-5-4-7-14(15)11-16(32)21(34)25-12-18-28-30-31-29-18/h4-10,16,20H,11-13H2,1-3H3,(H,25,34)(H,26,35)(H,27,36)(H,28,29,30,31)/t16-,20+/m0/s1. The topological polar surface area (TPSA) is 171 Å². The summed E-state index contributed by atoms with van der Waals surface area (Å²) in [5.74, 6) is -1.16. The van der Waals surface area contributed by atoms with Crippen LogP contribution < -0.4 is 20.9 Å². The molecule has 14 heteroatoms. The van der Waals surface area contributed by atoms with E-state index in [-0.39, 0.29) is 13.1 Å². The fourth-order valence-corrected chi connectivity index (χ4v) is 4.72. The average molecular weight is 541 g/mol. The van der Waals surface area contributed by atoms with Gasteiger partial charge in [-0.15, -0.1) is 21.5 Å². The predicted molar refractivity (Wildman–Crippen MR) is 137 cm³/mol. The largest absolute Gasteiger partial charge is 0.444 e. The smallest absolute Gasteiger partial charge is 0.408 e. The Balaban J connectivity index is 1.44. The first-order valence-electron chi connectivity index (χ1n) is 11.8. The highest BCUT2D eigenvalue weighted by Crippen LogP contribution is 2.32. The summed E-state index contributed by atoms with van der Waals surface area (Å²) in [7, 11) is 0. The summed E-state index contributed by atoms with van der Waals surface area (Å²) in [4.78, 5) is 53.8. The number of amides is 4. The van der Waals surface area contributed by atoms with Gasteiger partial charge in [-0.25, -0.2) is 4.79 Å². The van der Waals surface area contributed by atoms with Gasteiger partial charge in [0.15, 0.2) is 5.82 Å². The number of para-hydroxylation sites is 1. The lowest BCUT2D eigenvalue weighted by Gasteiger charge is -2.26. The van der Waals surface area contributed by atoms with Crippen LogP contribution in [0.4, 0.5) is 10.5 Å². The Morgan fingerprint density at radius 3 is 2.63 bits per heavy atom. The number of alkyl carbamates (subject to hydrolysis) is 1. The Labute approximate surface area is 222 Å². The van der Waals surface area contributed by atoms with Gasteiger partial charge in [0, 0.05) is 17.0 Å². The minimum atomic E-state index is -1.06. The maximum Gasteiger partial charge on any atom is 0.408 e. The Morgan fingerprint density at radius 1 is 1.16 bits per heavy atom. The van der Waals surface area contributed by atoms with Crippen LogP contribution in [-0.2, 0) is 32.1 Å². The van der Waals surface area contributed by atoms with Gasteiger partial charge in [-0.05, 0) is 43.8 Å². The van der Waals surface area contributed by atoms with E-state index in [0.29, 0.717) is 22.8 Å². The Kier molecular flexibility index (Phi) is 8.00. The first kappa shape index (κ1) is 26.7. The van der Waals surface area contributed by atoms with Crippen molar-refractivity contribution in [1.82, 2.24) is 36.6 Å². The number of benzene rings is 1. The van der Waals surface area contributed by atoms with Crippen LogP contribution >= 0.6 is 11.3 Å². The number of ether oxygens (including phenoxy) is 1. The third-order valence-corrected chi connectivity index (χ3v) is 6.46. The molecule has 0 spiro atoms. The van der Waals surface area contributed by atoms with Gasteiger partial charge in [-0.2, -0.15) is 5.21 Å². The van der Waals surface area contributed by atoms with Crippen molar-refractivity contribution in [3.63, 3.8) is 0 Å². The number of hydrogen-bond donors (Lipinski definition) is 4. The number of carbonyl (C=O) groups excluding carboxylic acids is 4. The Bertz CT molecular complexity index is 1290. The lowest BCUT2D eigenvalue weighted by Crippen LogP contribution is -2.51. The molecule has 0 aliphatic carbocycles. The van der Waals surface area contributed by atoms with Gasteiger partial charge in [0.05, 0.1) is 13.1 Å². The Hall–Kier alpha value is -4.33. The molecule has 13 nitrogen and oxygen atoms in total. The number of carbonyl (C=O) groups is 4. The molecular formula is C24H28N8O5S. The summed E-state index contributed by atoms with van der Waals surface area (Å²) < 4.78 is 5.29. The molecule has 3 heterocycles. The van der Waals surface area contributed by atoms with Crippen molar-refractivity contribution in [1.29, 1.82) is 0 Å². The molecule has 2 aromatic heterocycles. The molecule has 0 unspecified atom stereocenters. The average Bonchev–Trinajstić information content (AvgIpc) is 3.64. The second-order valence-corrected chi connectivity index (χ2v) is 10.4. The van der Waals surface area contributed by atoms with Crippen molar-refractivity contribution in [2.75, 3.05) is 11.4 Å². The molecule has 3 aromatic rings. The zero-order chi connectivity index (χ0) is 27.3. The normalized spacial score (nSPS) is 15.3. The number of H-pyrrole nitrogens is 1. The molecule has 0 radical (unpaired) electrons. The minimum absolute atomic E-state index is 0.0414. The number of hydrogen-bond acceptors (Lipinski definition) is 9. The zero-order valence-corrected chi connectivity index (χ0v) is 21.9. The predicted octanol–water partition coefficient (Wildman–Crippen LogP) is 1.22. The highest BCUT2D eigenvalue weighted by atomic mass is 32.1. The van der Waals surface area contributed by atoms with Crippen LogP contribution in [0.2, 0.25) is 0 Å². The SMILES string of the molecule is CC(C)(C)OC(=O)N[C@@H](C(=O)NCC(=O)N1c2ccccc2C[C@H]1C(=O)NCc1nn[nH]n1)c1cccs1. The maximum absolute atomic E-state index is 13.4. The maximum atomic E-state index is 13.4. The van der Waals surface area contributed by atoms with Crippen LogP contribution in [0.1, 0.15) is 43.1 Å². The van der Waals surface area contributed by atoms with Crippen molar-refractivity contribution >= 4 is 40.8 Å². The fourth-order valence-electron chi connectivity index (χ4n) is 3.94. The van der Waals surface area contributed by atoms with E-state index in [4.69, 9.17) is 4.74 Å².